The number of halogens is 2. The van der Waals surface area contributed by atoms with Crippen molar-refractivity contribution in [2.24, 2.45) is 0 Å². The topological polar surface area (TPSA) is 41.1 Å². The van der Waals surface area contributed by atoms with E-state index in [0.29, 0.717) is 0 Å². The third-order valence-corrected chi connectivity index (χ3v) is 2.81. The van der Waals surface area contributed by atoms with Gasteiger partial charge in [-0.1, -0.05) is 6.92 Å². The Bertz CT molecular complexity index is 433. The van der Waals surface area contributed by atoms with Gasteiger partial charge in [-0.25, -0.2) is 8.78 Å². The lowest BCUT2D eigenvalue weighted by Crippen LogP contribution is -2.43. The largest absolute Gasteiger partial charge is 0.325 e. The average Bonchev–Trinajstić information content (AvgIpc) is 2.32. The molecule has 3 nitrogen and oxygen atoms in total. The Morgan fingerprint density at radius 2 is 1.94 bits per heavy atom. The Hall–Kier alpha value is -1.49. The minimum Gasteiger partial charge on any atom is -0.325 e. The van der Waals surface area contributed by atoms with Crippen molar-refractivity contribution in [1.82, 2.24) is 5.32 Å². The standard InChI is InChI=1S/C13H18F2N2O/c1-4-13(2,3)16-8-12(18)17-9-5-6-10(14)11(15)7-9/h5-7,16H,4,8H2,1-3H3,(H,17,18). The Labute approximate surface area is 106 Å². The van der Waals surface area contributed by atoms with Crippen molar-refractivity contribution in [1.29, 1.82) is 0 Å². The van der Waals surface area contributed by atoms with Gasteiger partial charge >= 0.3 is 0 Å². The van der Waals surface area contributed by atoms with E-state index < -0.39 is 11.6 Å². The van der Waals surface area contributed by atoms with Crippen LogP contribution in [0.5, 0.6) is 0 Å². The predicted molar refractivity (Wildman–Crippen MR) is 67.4 cm³/mol. The summed E-state index contributed by atoms with van der Waals surface area (Å²) in [5.41, 5.74) is 0.112. The minimum absolute atomic E-state index is 0.125. The third kappa shape index (κ3) is 4.41. The number of carbonyl (C=O) groups excluding carboxylic acids is 1. The Balaban J connectivity index is 2.52. The number of nitrogens with one attached hydrogen (secondary N) is 2. The third-order valence-electron chi connectivity index (χ3n) is 2.81. The second kappa shape index (κ2) is 5.91. The molecular weight excluding hydrogens is 238 g/mol. The van der Waals surface area contributed by atoms with Crippen molar-refractivity contribution >= 4 is 11.6 Å². The number of hydrogen-bond donors (Lipinski definition) is 2. The molecule has 0 heterocycles. The van der Waals surface area contributed by atoms with Crippen molar-refractivity contribution < 1.29 is 13.6 Å². The molecule has 1 rings (SSSR count). The number of rotatable bonds is 5. The molecule has 0 aliphatic carbocycles. The molecule has 0 saturated heterocycles. The van der Waals surface area contributed by atoms with E-state index in [0.717, 1.165) is 18.6 Å². The van der Waals surface area contributed by atoms with Crippen molar-refractivity contribution in [3.63, 3.8) is 0 Å². The van der Waals surface area contributed by atoms with Crippen LogP contribution in [-0.2, 0) is 4.79 Å². The summed E-state index contributed by atoms with van der Waals surface area (Å²) in [4.78, 5) is 11.6. The van der Waals surface area contributed by atoms with Gasteiger partial charge in [0.2, 0.25) is 5.91 Å². The van der Waals surface area contributed by atoms with Crippen molar-refractivity contribution in [3.8, 4) is 0 Å². The monoisotopic (exact) mass is 256 g/mol. The molecule has 0 aliphatic heterocycles. The number of amides is 1. The fourth-order valence-corrected chi connectivity index (χ4v) is 1.22. The minimum atomic E-state index is -0.977. The lowest BCUT2D eigenvalue weighted by molar-refractivity contribution is -0.115. The van der Waals surface area contributed by atoms with E-state index in [-0.39, 0.29) is 23.7 Å². The molecule has 1 aromatic carbocycles. The van der Waals surface area contributed by atoms with Gasteiger partial charge in [-0.15, -0.1) is 0 Å². The van der Waals surface area contributed by atoms with Gasteiger partial charge in [0.25, 0.3) is 0 Å². The summed E-state index contributed by atoms with van der Waals surface area (Å²) in [6, 6.07) is 3.26. The van der Waals surface area contributed by atoms with Crippen LogP contribution >= 0.6 is 0 Å². The summed E-state index contributed by atoms with van der Waals surface area (Å²) < 4.78 is 25.6. The fourth-order valence-electron chi connectivity index (χ4n) is 1.22. The SMILES string of the molecule is CCC(C)(C)NCC(=O)Nc1ccc(F)c(F)c1. The van der Waals surface area contributed by atoms with E-state index in [1.807, 2.05) is 20.8 Å². The first kappa shape index (κ1) is 14.6. The molecule has 0 fully saturated rings. The highest BCUT2D eigenvalue weighted by atomic mass is 19.2. The van der Waals surface area contributed by atoms with Crippen LogP contribution in [0, 0.1) is 11.6 Å². The molecule has 0 radical (unpaired) electrons. The van der Waals surface area contributed by atoms with Crippen LogP contribution in [-0.4, -0.2) is 18.0 Å². The molecule has 0 saturated carbocycles. The highest BCUT2D eigenvalue weighted by molar-refractivity contribution is 5.92. The first-order valence-corrected chi connectivity index (χ1v) is 5.84. The number of anilines is 1. The van der Waals surface area contributed by atoms with Gasteiger partial charge in [0.05, 0.1) is 6.54 Å². The van der Waals surface area contributed by atoms with Gasteiger partial charge in [0.1, 0.15) is 0 Å². The lowest BCUT2D eigenvalue weighted by atomic mass is 10.0. The van der Waals surface area contributed by atoms with Crippen LogP contribution in [0.3, 0.4) is 0 Å². The van der Waals surface area contributed by atoms with Crippen LogP contribution in [0.15, 0.2) is 18.2 Å². The molecule has 18 heavy (non-hydrogen) atoms. The maximum Gasteiger partial charge on any atom is 0.238 e. The molecule has 5 heteroatoms. The molecule has 2 N–H and O–H groups in total. The molecule has 0 atom stereocenters. The summed E-state index contributed by atoms with van der Waals surface area (Å²) in [6.45, 7) is 6.11. The van der Waals surface area contributed by atoms with Crippen LogP contribution < -0.4 is 10.6 Å². The number of hydrogen-bond acceptors (Lipinski definition) is 2. The van der Waals surface area contributed by atoms with Crippen molar-refractivity contribution in [2.75, 3.05) is 11.9 Å². The highest BCUT2D eigenvalue weighted by Crippen LogP contribution is 2.13. The molecule has 0 bridgehead atoms. The fraction of sp³-hybridized carbons (Fsp3) is 0.462. The van der Waals surface area contributed by atoms with Gasteiger partial charge in [0.15, 0.2) is 11.6 Å². The molecular formula is C13H18F2N2O. The molecule has 0 spiro atoms. The maximum atomic E-state index is 12.9. The second-order valence-corrected chi connectivity index (χ2v) is 4.77. The van der Waals surface area contributed by atoms with Crippen molar-refractivity contribution in [3.05, 3.63) is 29.8 Å². The molecule has 0 unspecified atom stereocenters. The second-order valence-electron chi connectivity index (χ2n) is 4.77. The smallest absolute Gasteiger partial charge is 0.238 e. The molecule has 1 amide bonds. The van der Waals surface area contributed by atoms with E-state index in [1.165, 1.54) is 6.07 Å². The Kier molecular flexibility index (Phi) is 4.78. The first-order chi connectivity index (χ1) is 8.34. The number of carbonyl (C=O) groups is 1. The van der Waals surface area contributed by atoms with Crippen LogP contribution in [0.25, 0.3) is 0 Å². The zero-order valence-corrected chi connectivity index (χ0v) is 10.8. The zero-order valence-electron chi connectivity index (χ0n) is 10.8. The van der Waals surface area contributed by atoms with Gasteiger partial charge in [-0.05, 0) is 32.4 Å². The van der Waals surface area contributed by atoms with Crippen molar-refractivity contribution in [2.45, 2.75) is 32.7 Å². The molecule has 1 aromatic rings. The summed E-state index contributed by atoms with van der Waals surface area (Å²) in [5, 5.41) is 5.57. The van der Waals surface area contributed by atoms with Gasteiger partial charge < -0.3 is 10.6 Å². The molecule has 0 aliphatic rings. The quantitative estimate of drug-likeness (QED) is 0.850. The summed E-state index contributed by atoms with van der Waals surface area (Å²) in [7, 11) is 0. The Morgan fingerprint density at radius 3 is 2.50 bits per heavy atom. The normalized spacial score (nSPS) is 11.4. The Morgan fingerprint density at radius 1 is 1.28 bits per heavy atom. The van der Waals surface area contributed by atoms with Crippen LogP contribution in [0.1, 0.15) is 27.2 Å². The number of benzene rings is 1. The maximum absolute atomic E-state index is 12.9. The van der Waals surface area contributed by atoms with E-state index in [4.69, 9.17) is 0 Å². The summed E-state index contributed by atoms with van der Waals surface area (Å²) in [5.74, 6) is -2.20. The molecule has 100 valence electrons. The summed E-state index contributed by atoms with van der Waals surface area (Å²) >= 11 is 0. The van der Waals surface area contributed by atoms with E-state index in [9.17, 15) is 13.6 Å². The summed E-state index contributed by atoms with van der Waals surface area (Å²) in [6.07, 6.45) is 0.880. The van der Waals surface area contributed by atoms with Crippen LogP contribution in [0.4, 0.5) is 14.5 Å². The predicted octanol–water partition coefficient (Wildman–Crippen LogP) is 2.68. The zero-order chi connectivity index (χ0) is 13.8. The van der Waals surface area contributed by atoms with E-state index in [1.54, 1.807) is 0 Å². The van der Waals surface area contributed by atoms with E-state index >= 15 is 0 Å². The van der Waals surface area contributed by atoms with Gasteiger partial charge in [-0.2, -0.15) is 0 Å². The molecule has 0 aromatic heterocycles. The average molecular weight is 256 g/mol. The van der Waals surface area contributed by atoms with E-state index in [2.05, 4.69) is 10.6 Å². The highest BCUT2D eigenvalue weighted by Gasteiger charge is 2.15. The van der Waals surface area contributed by atoms with Gasteiger partial charge in [-0.3, -0.25) is 4.79 Å². The van der Waals surface area contributed by atoms with Crippen LogP contribution in [0.2, 0.25) is 0 Å². The first-order valence-electron chi connectivity index (χ1n) is 5.84. The lowest BCUT2D eigenvalue weighted by Gasteiger charge is -2.24. The van der Waals surface area contributed by atoms with Gasteiger partial charge in [0, 0.05) is 17.3 Å².